The van der Waals surface area contributed by atoms with Crippen molar-refractivity contribution in [2.45, 2.75) is 27.2 Å². The van der Waals surface area contributed by atoms with Crippen LogP contribution in [-0.2, 0) is 4.79 Å². The average Bonchev–Trinajstić information content (AvgIpc) is 3.03. The molecule has 0 bridgehead atoms. The molecule has 3 rings (SSSR count). The maximum atomic E-state index is 12.4. The first-order valence-electron chi connectivity index (χ1n) is 8.65. The van der Waals surface area contributed by atoms with E-state index in [4.69, 9.17) is 11.6 Å². The van der Waals surface area contributed by atoms with Gasteiger partial charge in [0.2, 0.25) is 11.9 Å². The minimum Gasteiger partial charge on any atom is -0.339 e. The van der Waals surface area contributed by atoms with Gasteiger partial charge >= 0.3 is 0 Å². The van der Waals surface area contributed by atoms with Gasteiger partial charge in [0.1, 0.15) is 0 Å². The molecule has 6 heteroatoms. The number of anilines is 1. The number of carbonyl (C=O) groups is 1. The summed E-state index contributed by atoms with van der Waals surface area (Å²) in [7, 11) is 0. The molecule has 0 atom stereocenters. The SMILES string of the molecule is CC(C)(C)CC(=O)N1CCN(c2nccn2-c2cccc(Cl)c2)CC1. The second-order valence-electron chi connectivity index (χ2n) is 7.68. The minimum atomic E-state index is 0.0249. The third-order valence-electron chi connectivity index (χ3n) is 4.30. The molecule has 1 fully saturated rings. The van der Waals surface area contributed by atoms with Gasteiger partial charge in [0.15, 0.2) is 0 Å². The van der Waals surface area contributed by atoms with Crippen LogP contribution >= 0.6 is 11.6 Å². The van der Waals surface area contributed by atoms with E-state index in [0.717, 1.165) is 37.8 Å². The van der Waals surface area contributed by atoms with Crippen LogP contribution < -0.4 is 4.90 Å². The Bertz CT molecular complexity index is 742. The molecule has 1 aromatic carbocycles. The van der Waals surface area contributed by atoms with E-state index in [9.17, 15) is 4.79 Å². The van der Waals surface area contributed by atoms with E-state index >= 15 is 0 Å². The molecule has 0 radical (unpaired) electrons. The lowest BCUT2D eigenvalue weighted by Gasteiger charge is -2.36. The Morgan fingerprint density at radius 1 is 1.20 bits per heavy atom. The highest BCUT2D eigenvalue weighted by Crippen LogP contribution is 2.23. The second kappa shape index (κ2) is 7.08. The number of halogens is 1. The average molecular weight is 361 g/mol. The Hall–Kier alpha value is -2.01. The quantitative estimate of drug-likeness (QED) is 0.839. The Balaban J connectivity index is 1.68. The number of imidazole rings is 1. The van der Waals surface area contributed by atoms with E-state index in [1.54, 1.807) is 6.20 Å². The number of hydrogen-bond acceptors (Lipinski definition) is 3. The Labute approximate surface area is 154 Å². The summed E-state index contributed by atoms with van der Waals surface area (Å²) in [6.45, 7) is 9.34. The predicted octanol–water partition coefficient (Wildman–Crippen LogP) is 3.61. The summed E-state index contributed by atoms with van der Waals surface area (Å²) in [6, 6.07) is 7.74. The number of benzene rings is 1. The summed E-state index contributed by atoms with van der Waals surface area (Å²) in [5, 5.41) is 0.703. The molecule has 0 N–H and O–H groups in total. The minimum absolute atomic E-state index is 0.0249. The van der Waals surface area contributed by atoms with E-state index in [1.165, 1.54) is 0 Å². The fourth-order valence-corrected chi connectivity index (χ4v) is 3.26. The number of nitrogens with zero attached hydrogens (tertiary/aromatic N) is 4. The van der Waals surface area contributed by atoms with Crippen LogP contribution in [0.3, 0.4) is 0 Å². The molecule has 2 heterocycles. The highest BCUT2D eigenvalue weighted by Gasteiger charge is 2.26. The first kappa shape index (κ1) is 17.8. The lowest BCUT2D eigenvalue weighted by molar-refractivity contribution is -0.133. The molecule has 1 aromatic heterocycles. The Morgan fingerprint density at radius 2 is 1.92 bits per heavy atom. The van der Waals surface area contributed by atoms with E-state index < -0.39 is 0 Å². The predicted molar refractivity (Wildman–Crippen MR) is 101 cm³/mol. The molecule has 1 amide bonds. The maximum absolute atomic E-state index is 12.4. The van der Waals surface area contributed by atoms with Crippen molar-refractivity contribution in [3.8, 4) is 5.69 Å². The molecule has 2 aromatic rings. The van der Waals surface area contributed by atoms with Crippen molar-refractivity contribution < 1.29 is 4.79 Å². The molecule has 0 spiro atoms. The van der Waals surface area contributed by atoms with E-state index in [2.05, 4.69) is 30.7 Å². The molecule has 0 aliphatic carbocycles. The van der Waals surface area contributed by atoms with E-state index in [-0.39, 0.29) is 11.3 Å². The maximum Gasteiger partial charge on any atom is 0.223 e. The summed E-state index contributed by atoms with van der Waals surface area (Å²) >= 11 is 6.12. The molecule has 1 aliphatic rings. The van der Waals surface area contributed by atoms with E-state index in [1.807, 2.05) is 39.9 Å². The van der Waals surface area contributed by atoms with Gasteiger partial charge in [0.05, 0.1) is 0 Å². The van der Waals surface area contributed by atoms with E-state index in [0.29, 0.717) is 11.4 Å². The monoisotopic (exact) mass is 360 g/mol. The molecule has 5 nitrogen and oxygen atoms in total. The fraction of sp³-hybridized carbons (Fsp3) is 0.474. The van der Waals surface area contributed by atoms with Crippen LogP contribution in [0.4, 0.5) is 5.95 Å². The number of carbonyl (C=O) groups excluding carboxylic acids is 1. The highest BCUT2D eigenvalue weighted by atomic mass is 35.5. The molecule has 134 valence electrons. The Morgan fingerprint density at radius 3 is 2.56 bits per heavy atom. The van der Waals surface area contributed by atoms with Crippen LogP contribution in [0.25, 0.3) is 5.69 Å². The molecule has 1 saturated heterocycles. The number of hydrogen-bond donors (Lipinski definition) is 0. The van der Waals surface area contributed by atoms with Gasteiger partial charge in [-0.3, -0.25) is 9.36 Å². The van der Waals surface area contributed by atoms with Crippen LogP contribution in [-0.4, -0.2) is 46.5 Å². The van der Waals surface area contributed by atoms with Crippen molar-refractivity contribution in [2.24, 2.45) is 5.41 Å². The van der Waals surface area contributed by atoms with Crippen molar-refractivity contribution >= 4 is 23.5 Å². The Kier molecular flexibility index (Phi) is 5.04. The molecule has 0 unspecified atom stereocenters. The van der Waals surface area contributed by atoms with Gasteiger partial charge in [-0.1, -0.05) is 38.4 Å². The van der Waals surface area contributed by atoms with Crippen molar-refractivity contribution in [1.82, 2.24) is 14.5 Å². The number of aromatic nitrogens is 2. The van der Waals surface area contributed by atoms with Crippen molar-refractivity contribution in [3.05, 3.63) is 41.7 Å². The summed E-state index contributed by atoms with van der Waals surface area (Å²) in [5.41, 5.74) is 1.02. The molecule has 25 heavy (non-hydrogen) atoms. The van der Waals surface area contributed by atoms with Gasteiger partial charge in [-0.2, -0.15) is 0 Å². The second-order valence-corrected chi connectivity index (χ2v) is 8.12. The number of piperazine rings is 1. The molecule has 0 saturated carbocycles. The zero-order valence-corrected chi connectivity index (χ0v) is 15.8. The number of rotatable bonds is 3. The normalized spacial score (nSPS) is 15.5. The molecular weight excluding hydrogens is 336 g/mol. The number of amides is 1. The zero-order chi connectivity index (χ0) is 18.0. The van der Waals surface area contributed by atoms with Crippen LogP contribution in [0.5, 0.6) is 0 Å². The smallest absolute Gasteiger partial charge is 0.223 e. The third kappa shape index (κ3) is 4.34. The van der Waals surface area contributed by atoms with Crippen LogP contribution in [0, 0.1) is 5.41 Å². The van der Waals surface area contributed by atoms with Gasteiger partial charge in [0.25, 0.3) is 0 Å². The third-order valence-corrected chi connectivity index (χ3v) is 4.54. The van der Waals surface area contributed by atoms with Gasteiger partial charge in [-0.05, 0) is 23.6 Å². The van der Waals surface area contributed by atoms with Crippen LogP contribution in [0.2, 0.25) is 5.02 Å². The lowest BCUT2D eigenvalue weighted by Crippen LogP contribution is -2.50. The highest BCUT2D eigenvalue weighted by molar-refractivity contribution is 6.30. The van der Waals surface area contributed by atoms with Crippen LogP contribution in [0.15, 0.2) is 36.7 Å². The molecule has 1 aliphatic heterocycles. The fourth-order valence-electron chi connectivity index (χ4n) is 3.08. The summed E-state index contributed by atoms with van der Waals surface area (Å²) in [5.74, 6) is 1.13. The summed E-state index contributed by atoms with van der Waals surface area (Å²) < 4.78 is 2.04. The van der Waals surface area contributed by atoms with Gasteiger partial charge in [-0.25, -0.2) is 4.98 Å². The standard InChI is InChI=1S/C19H25ClN4O/c1-19(2,3)14-17(25)22-9-11-23(12-10-22)18-21-7-8-24(18)16-6-4-5-15(20)13-16/h4-8,13H,9-12,14H2,1-3H3. The van der Waals surface area contributed by atoms with Crippen molar-refractivity contribution in [1.29, 1.82) is 0 Å². The van der Waals surface area contributed by atoms with Crippen molar-refractivity contribution in [2.75, 3.05) is 31.1 Å². The van der Waals surface area contributed by atoms with Gasteiger partial charge < -0.3 is 9.80 Å². The summed E-state index contributed by atoms with van der Waals surface area (Å²) in [4.78, 5) is 21.1. The largest absolute Gasteiger partial charge is 0.339 e. The van der Waals surface area contributed by atoms with Gasteiger partial charge in [-0.15, -0.1) is 0 Å². The lowest BCUT2D eigenvalue weighted by atomic mass is 9.91. The topological polar surface area (TPSA) is 41.4 Å². The first-order chi connectivity index (χ1) is 11.8. The summed E-state index contributed by atoms with van der Waals surface area (Å²) in [6.07, 6.45) is 4.33. The molecular formula is C19H25ClN4O. The van der Waals surface area contributed by atoms with Crippen molar-refractivity contribution in [3.63, 3.8) is 0 Å². The van der Waals surface area contributed by atoms with Crippen LogP contribution in [0.1, 0.15) is 27.2 Å². The zero-order valence-electron chi connectivity index (χ0n) is 15.1. The first-order valence-corrected chi connectivity index (χ1v) is 9.03. The van der Waals surface area contributed by atoms with Gasteiger partial charge in [0, 0.05) is 55.7 Å².